The monoisotopic (exact) mass is 404 g/mol. The van der Waals surface area contributed by atoms with E-state index in [0.717, 1.165) is 0 Å². The molecule has 28 heavy (non-hydrogen) atoms. The molecular weight excluding hydrogens is 384 g/mol. The van der Waals surface area contributed by atoms with Gasteiger partial charge in [0, 0.05) is 23.4 Å². The van der Waals surface area contributed by atoms with Gasteiger partial charge < -0.3 is 14.7 Å². The van der Waals surface area contributed by atoms with Crippen LogP contribution in [0.25, 0.3) is 0 Å². The van der Waals surface area contributed by atoms with Crippen LogP contribution < -0.4 is 5.56 Å². The Morgan fingerprint density at radius 2 is 1.93 bits per heavy atom. The zero-order valence-electron chi connectivity index (χ0n) is 15.5. The highest BCUT2D eigenvalue weighted by molar-refractivity contribution is 6.30. The van der Waals surface area contributed by atoms with E-state index in [1.807, 2.05) is 0 Å². The fraction of sp³-hybridized carbons (Fsp3) is 0.368. The number of aliphatic hydroxyl groups is 2. The van der Waals surface area contributed by atoms with Crippen LogP contribution in [0, 0.1) is 6.92 Å². The summed E-state index contributed by atoms with van der Waals surface area (Å²) in [6.45, 7) is 3.38. The summed E-state index contributed by atoms with van der Waals surface area (Å²) in [6.07, 6.45) is 0.736. The first-order chi connectivity index (χ1) is 13.3. The van der Waals surface area contributed by atoms with Gasteiger partial charge in [0.2, 0.25) is 5.89 Å². The van der Waals surface area contributed by atoms with Crippen molar-refractivity contribution in [2.45, 2.75) is 45.4 Å². The first-order valence-corrected chi connectivity index (χ1v) is 9.20. The number of hydrogen-bond donors (Lipinski definition) is 2. The molecule has 2 N–H and O–H groups in total. The highest BCUT2D eigenvalue weighted by Crippen LogP contribution is 2.19. The van der Waals surface area contributed by atoms with Crippen LogP contribution in [-0.2, 0) is 19.4 Å². The lowest BCUT2D eigenvalue weighted by Crippen LogP contribution is -2.27. The van der Waals surface area contributed by atoms with Crippen molar-refractivity contribution in [2.24, 2.45) is 0 Å². The minimum atomic E-state index is -0.800. The lowest BCUT2D eigenvalue weighted by molar-refractivity contribution is 0.174. The van der Waals surface area contributed by atoms with E-state index >= 15 is 0 Å². The molecule has 0 radical (unpaired) electrons. The largest absolute Gasteiger partial charge is 0.393 e. The summed E-state index contributed by atoms with van der Waals surface area (Å²) in [4.78, 5) is 16.7. The summed E-state index contributed by atoms with van der Waals surface area (Å²) in [5.74, 6) is 0.545. The van der Waals surface area contributed by atoms with Crippen LogP contribution in [0.3, 0.4) is 0 Å². The summed E-state index contributed by atoms with van der Waals surface area (Å²) in [5, 5.41) is 28.4. The van der Waals surface area contributed by atoms with Crippen molar-refractivity contribution in [2.75, 3.05) is 0 Å². The van der Waals surface area contributed by atoms with Crippen LogP contribution in [-0.4, -0.2) is 36.2 Å². The molecule has 9 heteroatoms. The molecule has 2 heterocycles. The molecule has 2 atom stereocenters. The predicted molar refractivity (Wildman–Crippen MR) is 102 cm³/mol. The van der Waals surface area contributed by atoms with Gasteiger partial charge in [0.05, 0.1) is 18.4 Å². The van der Waals surface area contributed by atoms with Crippen molar-refractivity contribution in [3.8, 4) is 0 Å². The van der Waals surface area contributed by atoms with E-state index in [2.05, 4.69) is 15.2 Å². The van der Waals surface area contributed by atoms with Gasteiger partial charge in [-0.3, -0.25) is 4.79 Å². The Balaban J connectivity index is 1.70. The topological polar surface area (TPSA) is 114 Å². The van der Waals surface area contributed by atoms with E-state index in [-0.39, 0.29) is 24.4 Å². The molecule has 0 amide bonds. The number of benzene rings is 1. The Labute approximate surface area is 166 Å². The van der Waals surface area contributed by atoms with Crippen LogP contribution in [0.1, 0.15) is 41.4 Å². The maximum Gasteiger partial charge on any atom is 0.270 e. The summed E-state index contributed by atoms with van der Waals surface area (Å²) >= 11 is 5.85. The van der Waals surface area contributed by atoms with Gasteiger partial charge in [-0.25, -0.2) is 4.68 Å². The average molecular weight is 405 g/mol. The van der Waals surface area contributed by atoms with Gasteiger partial charge in [0.1, 0.15) is 6.54 Å². The van der Waals surface area contributed by atoms with Crippen molar-refractivity contribution in [1.29, 1.82) is 0 Å². The van der Waals surface area contributed by atoms with E-state index in [4.69, 9.17) is 16.1 Å². The molecular formula is C19H21ClN4O4. The minimum absolute atomic E-state index is 0.0265. The molecule has 0 aliphatic heterocycles. The van der Waals surface area contributed by atoms with Crippen molar-refractivity contribution in [1.82, 2.24) is 19.9 Å². The molecule has 0 aliphatic rings. The Morgan fingerprint density at radius 1 is 1.21 bits per heavy atom. The predicted octanol–water partition coefficient (Wildman–Crippen LogP) is 1.84. The second-order valence-corrected chi connectivity index (χ2v) is 7.12. The third-order valence-corrected chi connectivity index (χ3v) is 4.58. The summed E-state index contributed by atoms with van der Waals surface area (Å²) in [7, 11) is 0. The summed E-state index contributed by atoms with van der Waals surface area (Å²) in [5.41, 5.74) is 1.64. The normalized spacial score (nSPS) is 13.5. The van der Waals surface area contributed by atoms with Crippen molar-refractivity contribution >= 4 is 11.6 Å². The molecule has 0 fully saturated rings. The molecule has 3 rings (SSSR count). The van der Waals surface area contributed by atoms with Crippen molar-refractivity contribution < 1.29 is 14.7 Å². The number of hydrogen-bond acceptors (Lipinski definition) is 7. The van der Waals surface area contributed by atoms with Crippen molar-refractivity contribution in [3.05, 3.63) is 74.2 Å². The fourth-order valence-corrected chi connectivity index (χ4v) is 2.92. The Hall–Kier alpha value is -2.55. The summed E-state index contributed by atoms with van der Waals surface area (Å²) < 4.78 is 6.41. The molecule has 0 spiro atoms. The molecule has 0 saturated carbocycles. The Morgan fingerprint density at radius 3 is 2.61 bits per heavy atom. The first kappa shape index (κ1) is 20.2. The first-order valence-electron chi connectivity index (χ1n) is 8.82. The quantitative estimate of drug-likeness (QED) is 0.617. The number of aliphatic hydroxyl groups excluding tert-OH is 2. The molecule has 1 unspecified atom stereocenters. The second kappa shape index (κ2) is 8.64. The van der Waals surface area contributed by atoms with Crippen LogP contribution in [0.5, 0.6) is 0 Å². The standard InChI is InChI=1S/C19H21ClN4O4/c1-11(25)7-14-9-21-24(19(27)12(14)2)10-18-22-17(23-28-18)8-16(26)13-3-5-15(20)6-4-13/h3-6,9,11,16,25-26H,7-8,10H2,1-2H3/t11?,16-/m0/s1. The van der Waals surface area contributed by atoms with Gasteiger partial charge in [0.25, 0.3) is 5.56 Å². The van der Waals surface area contributed by atoms with E-state index in [1.165, 1.54) is 4.68 Å². The molecule has 0 saturated heterocycles. The Kier molecular flexibility index (Phi) is 6.23. The smallest absolute Gasteiger partial charge is 0.270 e. The molecule has 3 aromatic rings. The lowest BCUT2D eigenvalue weighted by Gasteiger charge is -2.09. The third kappa shape index (κ3) is 4.83. The molecule has 148 valence electrons. The molecule has 2 aromatic heterocycles. The SMILES string of the molecule is Cc1c(CC(C)O)cnn(Cc2nc(C[C@H](O)c3ccc(Cl)cc3)no2)c1=O. The zero-order valence-corrected chi connectivity index (χ0v) is 16.3. The number of halogens is 1. The van der Waals surface area contributed by atoms with Crippen LogP contribution >= 0.6 is 11.6 Å². The van der Waals surface area contributed by atoms with Crippen LogP contribution in [0.2, 0.25) is 5.02 Å². The maximum absolute atomic E-state index is 12.5. The van der Waals surface area contributed by atoms with Crippen LogP contribution in [0.15, 0.2) is 39.8 Å². The molecule has 0 aliphatic carbocycles. The highest BCUT2D eigenvalue weighted by atomic mass is 35.5. The minimum Gasteiger partial charge on any atom is -0.393 e. The van der Waals surface area contributed by atoms with Crippen molar-refractivity contribution in [3.63, 3.8) is 0 Å². The van der Waals surface area contributed by atoms with Crippen LogP contribution in [0.4, 0.5) is 0 Å². The average Bonchev–Trinajstić information content (AvgIpc) is 3.08. The van der Waals surface area contributed by atoms with Gasteiger partial charge in [-0.05, 0) is 37.1 Å². The molecule has 1 aromatic carbocycles. The Bertz CT molecular complexity index is 998. The maximum atomic E-state index is 12.5. The summed E-state index contributed by atoms with van der Waals surface area (Å²) in [6, 6.07) is 6.86. The van der Waals surface area contributed by atoms with E-state index in [9.17, 15) is 15.0 Å². The zero-order chi connectivity index (χ0) is 20.3. The van der Waals surface area contributed by atoms with Gasteiger partial charge in [-0.1, -0.05) is 28.9 Å². The van der Waals surface area contributed by atoms with Gasteiger partial charge in [0.15, 0.2) is 5.82 Å². The third-order valence-electron chi connectivity index (χ3n) is 4.33. The number of nitrogens with zero attached hydrogens (tertiary/aromatic N) is 4. The van der Waals surface area contributed by atoms with Gasteiger partial charge in [-0.15, -0.1) is 0 Å². The van der Waals surface area contributed by atoms with E-state index < -0.39 is 12.2 Å². The highest BCUT2D eigenvalue weighted by Gasteiger charge is 2.16. The lowest BCUT2D eigenvalue weighted by atomic mass is 10.1. The number of aromatic nitrogens is 4. The molecule has 0 bridgehead atoms. The fourth-order valence-electron chi connectivity index (χ4n) is 2.80. The van der Waals surface area contributed by atoms with E-state index in [0.29, 0.717) is 34.0 Å². The van der Waals surface area contributed by atoms with Gasteiger partial charge in [-0.2, -0.15) is 10.1 Å². The van der Waals surface area contributed by atoms with Gasteiger partial charge >= 0.3 is 0 Å². The molecule has 8 nitrogen and oxygen atoms in total. The second-order valence-electron chi connectivity index (χ2n) is 6.69. The van der Waals surface area contributed by atoms with E-state index in [1.54, 1.807) is 44.3 Å². The number of rotatable bonds is 7.